The molecule has 0 radical (unpaired) electrons. The van der Waals surface area contributed by atoms with E-state index in [9.17, 15) is 0 Å². The molecule has 0 aromatic carbocycles. The summed E-state index contributed by atoms with van der Waals surface area (Å²) in [6.45, 7) is 4.61. The molecule has 1 unspecified atom stereocenters. The Morgan fingerprint density at radius 2 is 2.11 bits per heavy atom. The van der Waals surface area contributed by atoms with Crippen LogP contribution in [0.1, 0.15) is 51.7 Å². The van der Waals surface area contributed by atoms with Gasteiger partial charge in [-0.1, -0.05) is 26.7 Å². The van der Waals surface area contributed by atoms with E-state index in [1.165, 1.54) is 32.1 Å². The van der Waals surface area contributed by atoms with Crippen molar-refractivity contribution in [1.82, 2.24) is 5.43 Å². The molecule has 0 saturated heterocycles. The molecule has 1 heterocycles. The molecule has 3 N–H and O–H groups in total. The van der Waals surface area contributed by atoms with Gasteiger partial charge in [-0.2, -0.15) is 0 Å². The molecule has 1 aromatic heterocycles. The molecule has 0 bridgehead atoms. The summed E-state index contributed by atoms with van der Waals surface area (Å²) in [6, 6.07) is 4.32. The Hall–Kier alpha value is -0.800. The molecule has 1 atom stereocenters. The van der Waals surface area contributed by atoms with Crippen LogP contribution in [0.25, 0.3) is 0 Å². The maximum Gasteiger partial charge on any atom is 0.105 e. The zero-order valence-electron chi connectivity index (χ0n) is 11.6. The van der Waals surface area contributed by atoms with Crippen LogP contribution in [0.5, 0.6) is 0 Å². The van der Waals surface area contributed by atoms with Gasteiger partial charge in [0.1, 0.15) is 5.76 Å². The Bertz CT molecular complexity index is 339. The quantitative estimate of drug-likeness (QED) is 0.602. The highest BCUT2D eigenvalue weighted by Gasteiger charge is 2.41. The zero-order chi connectivity index (χ0) is 13.0. The molecule has 3 nitrogen and oxygen atoms in total. The van der Waals surface area contributed by atoms with Crippen molar-refractivity contribution >= 4 is 0 Å². The van der Waals surface area contributed by atoms with Gasteiger partial charge in [-0.05, 0) is 42.7 Å². The monoisotopic (exact) mass is 250 g/mol. The lowest BCUT2D eigenvalue weighted by molar-refractivity contribution is 0.150. The minimum Gasteiger partial charge on any atom is -0.469 e. The van der Waals surface area contributed by atoms with Gasteiger partial charge in [-0.25, -0.2) is 0 Å². The molecule has 1 fully saturated rings. The molecule has 1 aliphatic rings. The normalized spacial score (nSPS) is 20.4. The lowest BCUT2D eigenvalue weighted by Crippen LogP contribution is -2.49. The molecule has 0 amide bonds. The molecular weight excluding hydrogens is 224 g/mol. The third kappa shape index (κ3) is 2.96. The Kier molecular flexibility index (Phi) is 4.46. The highest BCUT2D eigenvalue weighted by Crippen LogP contribution is 2.46. The SMILES string of the molecule is CC(C)CC1(C(Cc2ccco2)NN)CCCC1. The Labute approximate surface area is 110 Å². The zero-order valence-corrected chi connectivity index (χ0v) is 11.6. The maximum absolute atomic E-state index is 5.84. The molecule has 1 aromatic rings. The van der Waals surface area contributed by atoms with E-state index >= 15 is 0 Å². The van der Waals surface area contributed by atoms with Crippen LogP contribution < -0.4 is 11.3 Å². The summed E-state index contributed by atoms with van der Waals surface area (Å²) in [7, 11) is 0. The van der Waals surface area contributed by atoms with E-state index in [0.717, 1.165) is 18.1 Å². The van der Waals surface area contributed by atoms with E-state index in [-0.39, 0.29) is 0 Å². The van der Waals surface area contributed by atoms with Crippen molar-refractivity contribution < 1.29 is 4.42 Å². The van der Waals surface area contributed by atoms with Crippen LogP contribution in [0.15, 0.2) is 22.8 Å². The van der Waals surface area contributed by atoms with Crippen LogP contribution in [0, 0.1) is 11.3 Å². The van der Waals surface area contributed by atoms with Gasteiger partial charge in [-0.15, -0.1) is 0 Å². The van der Waals surface area contributed by atoms with Crippen LogP contribution in [0.3, 0.4) is 0 Å². The summed E-state index contributed by atoms with van der Waals surface area (Å²) in [5.41, 5.74) is 3.43. The predicted molar refractivity (Wildman–Crippen MR) is 73.9 cm³/mol. The van der Waals surface area contributed by atoms with E-state index in [1.807, 2.05) is 12.1 Å². The number of nitrogens with one attached hydrogen (secondary N) is 1. The van der Waals surface area contributed by atoms with Gasteiger partial charge < -0.3 is 4.42 Å². The van der Waals surface area contributed by atoms with Crippen LogP contribution in [0.2, 0.25) is 0 Å². The highest BCUT2D eigenvalue weighted by atomic mass is 16.3. The average molecular weight is 250 g/mol. The van der Waals surface area contributed by atoms with Gasteiger partial charge in [0.2, 0.25) is 0 Å². The van der Waals surface area contributed by atoms with E-state index in [0.29, 0.717) is 11.5 Å². The smallest absolute Gasteiger partial charge is 0.105 e. The Balaban J connectivity index is 2.11. The van der Waals surface area contributed by atoms with E-state index in [2.05, 4.69) is 19.3 Å². The number of rotatable bonds is 6. The molecule has 2 rings (SSSR count). The molecule has 1 aliphatic carbocycles. The molecule has 3 heteroatoms. The van der Waals surface area contributed by atoms with E-state index in [4.69, 9.17) is 10.3 Å². The summed E-state index contributed by atoms with van der Waals surface area (Å²) in [6.07, 6.45) is 9.15. The highest BCUT2D eigenvalue weighted by molar-refractivity contribution is 5.05. The lowest BCUT2D eigenvalue weighted by Gasteiger charge is -2.38. The van der Waals surface area contributed by atoms with Gasteiger partial charge in [-0.3, -0.25) is 11.3 Å². The number of nitrogens with two attached hydrogens (primary N) is 1. The third-order valence-corrected chi connectivity index (χ3v) is 4.34. The molecule has 0 spiro atoms. The van der Waals surface area contributed by atoms with Crippen molar-refractivity contribution in [3.05, 3.63) is 24.2 Å². The lowest BCUT2D eigenvalue weighted by atomic mass is 9.71. The molecular formula is C15H26N2O. The minimum absolute atomic E-state index is 0.327. The molecule has 0 aliphatic heterocycles. The van der Waals surface area contributed by atoms with Crippen LogP contribution in [-0.4, -0.2) is 6.04 Å². The number of hydrogen-bond acceptors (Lipinski definition) is 3. The number of hydrogen-bond donors (Lipinski definition) is 2. The fourth-order valence-corrected chi connectivity index (χ4v) is 3.67. The second-order valence-electron chi connectivity index (χ2n) is 6.17. The van der Waals surface area contributed by atoms with Crippen molar-refractivity contribution in [2.45, 2.75) is 58.4 Å². The topological polar surface area (TPSA) is 51.2 Å². The number of hydrazine groups is 1. The van der Waals surface area contributed by atoms with Crippen molar-refractivity contribution in [3.63, 3.8) is 0 Å². The van der Waals surface area contributed by atoms with Crippen LogP contribution in [0.4, 0.5) is 0 Å². The average Bonchev–Trinajstić information content (AvgIpc) is 2.96. The number of furan rings is 1. The standard InChI is InChI=1S/C15H26N2O/c1-12(2)11-15(7-3-4-8-15)14(17-16)10-13-6-5-9-18-13/h5-6,9,12,14,17H,3-4,7-8,10-11,16H2,1-2H3. The molecule has 18 heavy (non-hydrogen) atoms. The summed E-state index contributed by atoms with van der Waals surface area (Å²) >= 11 is 0. The summed E-state index contributed by atoms with van der Waals surface area (Å²) in [5, 5.41) is 0. The van der Waals surface area contributed by atoms with Crippen LogP contribution >= 0.6 is 0 Å². The molecule has 1 saturated carbocycles. The first-order chi connectivity index (χ1) is 8.66. The largest absolute Gasteiger partial charge is 0.469 e. The van der Waals surface area contributed by atoms with Gasteiger partial charge in [0.15, 0.2) is 0 Å². The van der Waals surface area contributed by atoms with Crippen molar-refractivity contribution in [1.29, 1.82) is 0 Å². The summed E-state index contributed by atoms with van der Waals surface area (Å²) in [4.78, 5) is 0. The molecule has 102 valence electrons. The van der Waals surface area contributed by atoms with Gasteiger partial charge in [0, 0.05) is 12.5 Å². The first-order valence-electron chi connectivity index (χ1n) is 7.15. The fraction of sp³-hybridized carbons (Fsp3) is 0.733. The predicted octanol–water partition coefficient (Wildman–Crippen LogP) is 3.26. The van der Waals surface area contributed by atoms with Crippen molar-refractivity contribution in [2.24, 2.45) is 17.2 Å². The fourth-order valence-electron chi connectivity index (χ4n) is 3.67. The Morgan fingerprint density at radius 1 is 1.39 bits per heavy atom. The van der Waals surface area contributed by atoms with Gasteiger partial charge in [0.05, 0.1) is 6.26 Å². The first-order valence-corrected chi connectivity index (χ1v) is 7.15. The second-order valence-corrected chi connectivity index (χ2v) is 6.17. The minimum atomic E-state index is 0.327. The van der Waals surface area contributed by atoms with Crippen molar-refractivity contribution in [3.8, 4) is 0 Å². The van der Waals surface area contributed by atoms with Gasteiger partial charge >= 0.3 is 0 Å². The Morgan fingerprint density at radius 3 is 2.61 bits per heavy atom. The maximum atomic E-state index is 5.84. The van der Waals surface area contributed by atoms with E-state index in [1.54, 1.807) is 6.26 Å². The van der Waals surface area contributed by atoms with E-state index < -0.39 is 0 Å². The first kappa shape index (κ1) is 13.6. The van der Waals surface area contributed by atoms with Crippen LogP contribution in [-0.2, 0) is 6.42 Å². The second kappa shape index (κ2) is 5.89. The third-order valence-electron chi connectivity index (χ3n) is 4.34. The van der Waals surface area contributed by atoms with Gasteiger partial charge in [0.25, 0.3) is 0 Å². The van der Waals surface area contributed by atoms with Crippen molar-refractivity contribution in [2.75, 3.05) is 0 Å². The summed E-state index contributed by atoms with van der Waals surface area (Å²) in [5.74, 6) is 7.59. The summed E-state index contributed by atoms with van der Waals surface area (Å²) < 4.78 is 5.48.